The summed E-state index contributed by atoms with van der Waals surface area (Å²) in [6, 6.07) is 18.0. The average Bonchev–Trinajstić information content (AvgIpc) is 2.77. The van der Waals surface area contributed by atoms with Gasteiger partial charge in [0.15, 0.2) is 0 Å². The van der Waals surface area contributed by atoms with E-state index in [-0.39, 0.29) is 11.8 Å². The minimum atomic E-state index is -0.441. The number of aryl methyl sites for hydroxylation is 1. The van der Waals surface area contributed by atoms with Crippen molar-refractivity contribution in [3.8, 4) is 0 Å². The molecule has 168 valence electrons. The Morgan fingerprint density at radius 1 is 1.03 bits per heavy atom. The van der Waals surface area contributed by atoms with Gasteiger partial charge in [0.2, 0.25) is 11.8 Å². The molecule has 0 spiro atoms. The first kappa shape index (κ1) is 25.0. The highest BCUT2D eigenvalue weighted by Gasteiger charge is 2.28. The molecular weight excluding hydrogens is 404 g/mol. The molecule has 1 atom stereocenters. The number of hydrogen-bond acceptors (Lipinski definition) is 3. The lowest BCUT2D eigenvalue weighted by Crippen LogP contribution is -2.49. The number of amides is 2. The Hall–Kier alpha value is -2.27. The first-order valence-corrected chi connectivity index (χ1v) is 12.4. The number of hydrogen-bond donors (Lipinski definition) is 1. The molecule has 1 N–H and O–H groups in total. The third kappa shape index (κ3) is 8.78. The Kier molecular flexibility index (Phi) is 11.2. The normalized spacial score (nSPS) is 11.7. The zero-order chi connectivity index (χ0) is 22.5. The maximum Gasteiger partial charge on any atom is 0.242 e. The molecule has 2 rings (SSSR count). The van der Waals surface area contributed by atoms with E-state index in [1.165, 1.54) is 5.56 Å². The number of carbonyl (C=O) groups is 2. The van der Waals surface area contributed by atoms with Crippen molar-refractivity contribution in [1.82, 2.24) is 10.2 Å². The molecule has 0 aliphatic carbocycles. The molecule has 0 aliphatic rings. The maximum atomic E-state index is 13.2. The fourth-order valence-electron chi connectivity index (χ4n) is 3.50. The van der Waals surface area contributed by atoms with Gasteiger partial charge in [-0.3, -0.25) is 9.59 Å². The summed E-state index contributed by atoms with van der Waals surface area (Å²) in [6.07, 6.45) is 3.01. The third-order valence-electron chi connectivity index (χ3n) is 5.22. The van der Waals surface area contributed by atoms with E-state index in [1.54, 1.807) is 16.7 Å². The molecule has 0 radical (unpaired) electrons. The highest BCUT2D eigenvalue weighted by Crippen LogP contribution is 2.18. The van der Waals surface area contributed by atoms with Gasteiger partial charge in [-0.1, -0.05) is 80.4 Å². The number of nitrogens with one attached hydrogen (secondary N) is 1. The van der Waals surface area contributed by atoms with Gasteiger partial charge in [-0.25, -0.2) is 0 Å². The van der Waals surface area contributed by atoms with Gasteiger partial charge < -0.3 is 10.2 Å². The van der Waals surface area contributed by atoms with Crippen LogP contribution in [0, 0.1) is 6.92 Å². The van der Waals surface area contributed by atoms with E-state index < -0.39 is 6.04 Å². The SMILES string of the molecule is CCCCNC(=O)[C@H](CC)N(Cc1cccc(C)c1)C(=O)CCSCc1ccccc1. The average molecular weight is 441 g/mol. The second-order valence-electron chi connectivity index (χ2n) is 7.87. The largest absolute Gasteiger partial charge is 0.354 e. The standard InChI is InChI=1S/C26H36N2O2S/c1-4-6-16-27-26(30)24(5-2)28(19-23-14-10-11-21(3)18-23)25(29)15-17-31-20-22-12-8-7-9-13-22/h7-14,18,24H,4-6,15-17,19-20H2,1-3H3,(H,27,30)/t24-/m0/s1. The van der Waals surface area contributed by atoms with Gasteiger partial charge >= 0.3 is 0 Å². The molecule has 0 saturated heterocycles. The number of benzene rings is 2. The Morgan fingerprint density at radius 2 is 1.77 bits per heavy atom. The van der Waals surface area contributed by atoms with Gasteiger partial charge in [0.25, 0.3) is 0 Å². The van der Waals surface area contributed by atoms with Crippen LogP contribution in [0.4, 0.5) is 0 Å². The number of thioether (sulfide) groups is 1. The van der Waals surface area contributed by atoms with Crippen molar-refractivity contribution in [3.05, 3.63) is 71.3 Å². The Labute approximate surface area is 191 Å². The minimum Gasteiger partial charge on any atom is -0.354 e. The molecule has 5 heteroatoms. The van der Waals surface area contributed by atoms with Crippen LogP contribution in [0.3, 0.4) is 0 Å². The smallest absolute Gasteiger partial charge is 0.242 e. The molecule has 0 aliphatic heterocycles. The van der Waals surface area contributed by atoms with Crippen LogP contribution in [0.2, 0.25) is 0 Å². The highest BCUT2D eigenvalue weighted by molar-refractivity contribution is 7.98. The Bertz CT molecular complexity index is 810. The molecule has 0 aromatic heterocycles. The van der Waals surface area contributed by atoms with E-state index in [0.29, 0.717) is 25.9 Å². The summed E-state index contributed by atoms with van der Waals surface area (Å²) < 4.78 is 0. The summed E-state index contributed by atoms with van der Waals surface area (Å²) in [4.78, 5) is 27.8. The molecule has 4 nitrogen and oxygen atoms in total. The lowest BCUT2D eigenvalue weighted by Gasteiger charge is -2.31. The zero-order valence-electron chi connectivity index (χ0n) is 19.1. The highest BCUT2D eigenvalue weighted by atomic mass is 32.2. The van der Waals surface area contributed by atoms with Gasteiger partial charge in [0.05, 0.1) is 0 Å². The van der Waals surface area contributed by atoms with Gasteiger partial charge in [0, 0.05) is 31.0 Å². The van der Waals surface area contributed by atoms with E-state index >= 15 is 0 Å². The van der Waals surface area contributed by atoms with Gasteiger partial charge in [-0.15, -0.1) is 0 Å². The quantitative estimate of drug-likeness (QED) is 0.428. The van der Waals surface area contributed by atoms with Crippen molar-refractivity contribution >= 4 is 23.6 Å². The fraction of sp³-hybridized carbons (Fsp3) is 0.462. The van der Waals surface area contributed by atoms with E-state index in [1.807, 2.05) is 50.2 Å². The molecule has 0 unspecified atom stereocenters. The minimum absolute atomic E-state index is 0.0413. The predicted octanol–water partition coefficient (Wildman–Crippen LogP) is 5.34. The van der Waals surface area contributed by atoms with Crippen LogP contribution in [0.5, 0.6) is 0 Å². The first-order chi connectivity index (χ1) is 15.0. The van der Waals surface area contributed by atoms with Crippen LogP contribution >= 0.6 is 11.8 Å². The number of nitrogens with zero attached hydrogens (tertiary/aromatic N) is 1. The summed E-state index contributed by atoms with van der Waals surface area (Å²) in [7, 11) is 0. The first-order valence-electron chi connectivity index (χ1n) is 11.3. The summed E-state index contributed by atoms with van der Waals surface area (Å²) in [5.74, 6) is 1.63. The summed E-state index contributed by atoms with van der Waals surface area (Å²) in [6.45, 7) is 7.24. The van der Waals surface area contributed by atoms with Crippen molar-refractivity contribution in [1.29, 1.82) is 0 Å². The van der Waals surface area contributed by atoms with Gasteiger partial charge in [-0.05, 0) is 30.9 Å². The van der Waals surface area contributed by atoms with E-state index in [2.05, 4.69) is 30.4 Å². The monoisotopic (exact) mass is 440 g/mol. The summed E-state index contributed by atoms with van der Waals surface area (Å²) >= 11 is 1.76. The zero-order valence-corrected chi connectivity index (χ0v) is 19.9. The number of rotatable bonds is 13. The second-order valence-corrected chi connectivity index (χ2v) is 8.97. The van der Waals surface area contributed by atoms with Gasteiger partial charge in [-0.2, -0.15) is 11.8 Å². The number of unbranched alkanes of at least 4 members (excludes halogenated alkanes) is 1. The van der Waals surface area contributed by atoms with Gasteiger partial charge in [0.1, 0.15) is 6.04 Å². The summed E-state index contributed by atoms with van der Waals surface area (Å²) in [5.41, 5.74) is 3.48. The van der Waals surface area contributed by atoms with Crippen molar-refractivity contribution in [2.24, 2.45) is 0 Å². The lowest BCUT2D eigenvalue weighted by molar-refractivity contribution is -0.141. The van der Waals surface area contributed by atoms with Crippen molar-refractivity contribution < 1.29 is 9.59 Å². The van der Waals surface area contributed by atoms with Crippen LogP contribution < -0.4 is 5.32 Å². The fourth-order valence-corrected chi connectivity index (χ4v) is 4.39. The van der Waals surface area contributed by atoms with Crippen LogP contribution in [-0.2, 0) is 21.9 Å². The molecule has 2 aromatic rings. The molecule has 0 bridgehead atoms. The van der Waals surface area contributed by atoms with Crippen molar-refractivity contribution in [3.63, 3.8) is 0 Å². The molecule has 2 aromatic carbocycles. The van der Waals surface area contributed by atoms with Crippen LogP contribution in [-0.4, -0.2) is 35.1 Å². The molecule has 0 heterocycles. The molecule has 31 heavy (non-hydrogen) atoms. The second kappa shape index (κ2) is 13.9. The summed E-state index contributed by atoms with van der Waals surface area (Å²) in [5, 5.41) is 3.02. The maximum absolute atomic E-state index is 13.2. The molecule has 0 fully saturated rings. The lowest BCUT2D eigenvalue weighted by atomic mass is 10.1. The van der Waals surface area contributed by atoms with E-state index in [0.717, 1.165) is 35.5 Å². The Balaban J connectivity index is 2.03. The van der Waals surface area contributed by atoms with Crippen LogP contribution in [0.1, 0.15) is 56.2 Å². The topological polar surface area (TPSA) is 49.4 Å². The molecular formula is C26H36N2O2S. The van der Waals surface area contributed by atoms with Crippen molar-refractivity contribution in [2.75, 3.05) is 12.3 Å². The van der Waals surface area contributed by atoms with E-state index in [9.17, 15) is 9.59 Å². The van der Waals surface area contributed by atoms with E-state index in [4.69, 9.17) is 0 Å². The predicted molar refractivity (Wildman–Crippen MR) is 131 cm³/mol. The number of carbonyl (C=O) groups excluding carboxylic acids is 2. The third-order valence-corrected chi connectivity index (χ3v) is 6.25. The molecule has 2 amide bonds. The van der Waals surface area contributed by atoms with Crippen LogP contribution in [0.25, 0.3) is 0 Å². The Morgan fingerprint density at radius 3 is 2.45 bits per heavy atom. The van der Waals surface area contributed by atoms with Crippen LogP contribution in [0.15, 0.2) is 54.6 Å². The molecule has 0 saturated carbocycles. The van der Waals surface area contributed by atoms with Crippen molar-refractivity contribution in [2.45, 2.75) is 64.8 Å².